The summed E-state index contributed by atoms with van der Waals surface area (Å²) in [5.74, 6) is 0.0515. The molecule has 0 amide bonds. The Morgan fingerprint density at radius 2 is 1.23 bits per heavy atom. The fraction of sp³-hybridized carbons (Fsp3) is 0.905. The number of allylic oxidation sites excluding steroid dienone is 2. The van der Waals surface area contributed by atoms with Gasteiger partial charge in [-0.2, -0.15) is 8.42 Å². The molecule has 0 unspecified atom stereocenters. The third-order valence-electron chi connectivity index (χ3n) is 4.65. The van der Waals surface area contributed by atoms with E-state index >= 15 is 0 Å². The minimum absolute atomic E-state index is 0.0515. The van der Waals surface area contributed by atoms with E-state index in [0.717, 1.165) is 13.0 Å². The number of unbranched alkanes of at least 4 members (excludes halogenated alkanes) is 12. The Labute approximate surface area is 163 Å². The Hall–Kier alpha value is -0.390. The van der Waals surface area contributed by atoms with E-state index in [-0.39, 0.29) is 5.75 Å². The van der Waals surface area contributed by atoms with Gasteiger partial charge in [-0.1, -0.05) is 76.9 Å². The number of rotatable bonds is 20. The van der Waals surface area contributed by atoms with Gasteiger partial charge in [0.05, 0.1) is 12.9 Å². The molecule has 0 fully saturated rings. The molecule has 4 nitrogen and oxygen atoms in total. The van der Waals surface area contributed by atoms with Gasteiger partial charge in [0.15, 0.2) is 0 Å². The van der Waals surface area contributed by atoms with Crippen LogP contribution in [0.2, 0.25) is 0 Å². The Balaban J connectivity index is 3.16. The first kappa shape index (κ1) is 25.6. The summed E-state index contributed by atoms with van der Waals surface area (Å²) < 4.78 is 26.6. The van der Waals surface area contributed by atoms with Crippen LogP contribution < -0.4 is 5.32 Å². The maximum absolute atomic E-state index is 11.1. The molecule has 0 atom stereocenters. The first-order valence-electron chi connectivity index (χ1n) is 10.8. The summed E-state index contributed by atoms with van der Waals surface area (Å²) in [5.41, 5.74) is 0. The molecule has 0 aliphatic heterocycles. The molecule has 0 aromatic rings. The fourth-order valence-electron chi connectivity index (χ4n) is 2.90. The van der Waals surface area contributed by atoms with E-state index in [4.69, 9.17) is 0 Å². The van der Waals surface area contributed by atoms with Crippen molar-refractivity contribution in [2.24, 2.45) is 0 Å². The normalized spacial score (nSPS) is 12.2. The van der Waals surface area contributed by atoms with Gasteiger partial charge >= 0.3 is 0 Å². The molecule has 0 saturated heterocycles. The summed E-state index contributed by atoms with van der Waals surface area (Å²) >= 11 is 0. The predicted molar refractivity (Wildman–Crippen MR) is 113 cm³/mol. The van der Waals surface area contributed by atoms with Gasteiger partial charge in [0.1, 0.15) is 0 Å². The van der Waals surface area contributed by atoms with Crippen molar-refractivity contribution in [3.63, 3.8) is 0 Å². The summed E-state index contributed by atoms with van der Waals surface area (Å²) in [5, 5.41) is 3.16. The lowest BCUT2D eigenvalue weighted by atomic mass is 10.1. The van der Waals surface area contributed by atoms with Gasteiger partial charge in [0, 0.05) is 6.54 Å². The molecule has 0 saturated carbocycles. The highest BCUT2D eigenvalue weighted by atomic mass is 32.2. The predicted octanol–water partition coefficient (Wildman–Crippen LogP) is 5.59. The summed E-state index contributed by atoms with van der Waals surface area (Å²) in [6.45, 7) is 3.63. The van der Waals surface area contributed by atoms with Gasteiger partial charge in [-0.3, -0.25) is 4.18 Å². The highest BCUT2D eigenvalue weighted by Crippen LogP contribution is 2.09. The average Bonchev–Trinajstić information content (AvgIpc) is 2.63. The zero-order chi connectivity index (χ0) is 19.3. The highest BCUT2D eigenvalue weighted by molar-refractivity contribution is 7.86. The Morgan fingerprint density at radius 1 is 0.731 bits per heavy atom. The SMILES string of the molecule is CCCCCCCC/C=C\CCCCCCCCNCCS(=O)(=O)OC. The van der Waals surface area contributed by atoms with E-state index in [1.165, 1.54) is 90.6 Å². The van der Waals surface area contributed by atoms with Crippen molar-refractivity contribution in [3.8, 4) is 0 Å². The lowest BCUT2D eigenvalue weighted by Gasteiger charge is -2.05. The van der Waals surface area contributed by atoms with Gasteiger partial charge in [-0.25, -0.2) is 0 Å². The third kappa shape index (κ3) is 19.9. The smallest absolute Gasteiger partial charge is 0.268 e. The first-order chi connectivity index (χ1) is 12.6. The molecule has 0 aliphatic rings. The monoisotopic (exact) mass is 389 g/mol. The third-order valence-corrected chi connectivity index (χ3v) is 5.86. The van der Waals surface area contributed by atoms with Gasteiger partial charge in [-0.05, 0) is 38.6 Å². The highest BCUT2D eigenvalue weighted by Gasteiger charge is 2.06. The van der Waals surface area contributed by atoms with Crippen molar-refractivity contribution in [3.05, 3.63) is 12.2 Å². The first-order valence-corrected chi connectivity index (χ1v) is 12.3. The molecule has 0 heterocycles. The molecule has 26 heavy (non-hydrogen) atoms. The average molecular weight is 390 g/mol. The lowest BCUT2D eigenvalue weighted by molar-refractivity contribution is 0.396. The largest absolute Gasteiger partial charge is 0.316 e. The quantitative estimate of drug-likeness (QED) is 0.167. The molecule has 0 aromatic carbocycles. The van der Waals surface area contributed by atoms with Crippen molar-refractivity contribution in [2.75, 3.05) is 26.0 Å². The number of hydrogen-bond donors (Lipinski definition) is 1. The Kier molecular flexibility index (Phi) is 19.1. The van der Waals surface area contributed by atoms with Crippen molar-refractivity contribution in [1.82, 2.24) is 5.32 Å². The zero-order valence-corrected chi connectivity index (χ0v) is 18.1. The molecular weight excluding hydrogens is 346 g/mol. The molecule has 0 radical (unpaired) electrons. The van der Waals surface area contributed by atoms with Crippen LogP contribution in [0.4, 0.5) is 0 Å². The minimum atomic E-state index is -3.31. The topological polar surface area (TPSA) is 55.4 Å². The van der Waals surface area contributed by atoms with Crippen LogP contribution in [0.3, 0.4) is 0 Å². The molecule has 0 aliphatic carbocycles. The second-order valence-corrected chi connectivity index (χ2v) is 8.97. The molecule has 0 aromatic heterocycles. The molecule has 0 bridgehead atoms. The fourth-order valence-corrected chi connectivity index (χ4v) is 3.46. The van der Waals surface area contributed by atoms with E-state index < -0.39 is 10.1 Å². The number of hydrogen-bond acceptors (Lipinski definition) is 4. The molecule has 1 N–H and O–H groups in total. The zero-order valence-electron chi connectivity index (χ0n) is 17.3. The standard InChI is InChI=1S/C21H43NO3S/c1-3-4-5-6-7-8-9-10-11-12-13-14-15-16-17-18-19-22-20-21-26(23,24)25-2/h10-11,22H,3-9,12-21H2,1-2H3/b11-10-. The van der Waals surface area contributed by atoms with E-state index in [1.54, 1.807) is 0 Å². The van der Waals surface area contributed by atoms with Crippen LogP contribution in [0.5, 0.6) is 0 Å². The molecule has 0 rings (SSSR count). The lowest BCUT2D eigenvalue weighted by Crippen LogP contribution is -2.24. The van der Waals surface area contributed by atoms with Crippen molar-refractivity contribution in [2.45, 2.75) is 96.8 Å². The second-order valence-electron chi connectivity index (χ2n) is 7.12. The van der Waals surface area contributed by atoms with Crippen molar-refractivity contribution in [1.29, 1.82) is 0 Å². The van der Waals surface area contributed by atoms with Crippen molar-refractivity contribution < 1.29 is 12.6 Å². The number of nitrogens with one attached hydrogen (secondary N) is 1. The van der Waals surface area contributed by atoms with Gasteiger partial charge in [-0.15, -0.1) is 0 Å². The maximum Gasteiger partial charge on any atom is 0.268 e. The molecule has 0 spiro atoms. The van der Waals surface area contributed by atoms with Crippen LogP contribution in [-0.4, -0.2) is 34.4 Å². The van der Waals surface area contributed by atoms with Crippen LogP contribution in [0, 0.1) is 0 Å². The van der Waals surface area contributed by atoms with Gasteiger partial charge in [0.2, 0.25) is 0 Å². The summed E-state index contributed by atoms with van der Waals surface area (Å²) in [6, 6.07) is 0. The van der Waals surface area contributed by atoms with E-state index in [9.17, 15) is 8.42 Å². The van der Waals surface area contributed by atoms with E-state index in [1.807, 2.05) is 0 Å². The molecule has 156 valence electrons. The van der Waals surface area contributed by atoms with Gasteiger partial charge < -0.3 is 5.32 Å². The van der Waals surface area contributed by atoms with Crippen molar-refractivity contribution >= 4 is 10.1 Å². The van der Waals surface area contributed by atoms with Crippen LogP contribution in [0.15, 0.2) is 12.2 Å². The Morgan fingerprint density at radius 3 is 1.77 bits per heavy atom. The molecule has 5 heteroatoms. The van der Waals surface area contributed by atoms with E-state index in [0.29, 0.717) is 6.54 Å². The Bertz CT molecular complexity index is 407. The van der Waals surface area contributed by atoms with E-state index in [2.05, 4.69) is 28.6 Å². The summed E-state index contributed by atoms with van der Waals surface area (Å²) in [6.07, 6.45) is 23.0. The maximum atomic E-state index is 11.1. The molecular formula is C21H43NO3S. The summed E-state index contributed by atoms with van der Waals surface area (Å²) in [7, 11) is -2.10. The van der Waals surface area contributed by atoms with Gasteiger partial charge in [0.25, 0.3) is 10.1 Å². The van der Waals surface area contributed by atoms with Crippen LogP contribution in [0.1, 0.15) is 96.8 Å². The van der Waals surface area contributed by atoms with Crippen LogP contribution >= 0.6 is 0 Å². The summed E-state index contributed by atoms with van der Waals surface area (Å²) in [4.78, 5) is 0. The minimum Gasteiger partial charge on any atom is -0.316 e. The van der Waals surface area contributed by atoms with Crippen LogP contribution in [-0.2, 0) is 14.3 Å². The second kappa shape index (κ2) is 19.4. The van der Waals surface area contributed by atoms with Crippen LogP contribution in [0.25, 0.3) is 0 Å².